The molecular weight excluding hydrogens is 194 g/mol. The zero-order chi connectivity index (χ0) is 11.8. The van der Waals surface area contributed by atoms with Crippen LogP contribution in [0, 0.1) is 0 Å². The van der Waals surface area contributed by atoms with E-state index < -0.39 is 6.04 Å². The van der Waals surface area contributed by atoms with E-state index >= 15 is 0 Å². The summed E-state index contributed by atoms with van der Waals surface area (Å²) in [5, 5.41) is 5.23. The maximum atomic E-state index is 11.4. The largest absolute Gasteiger partial charge is 0.355 e. The van der Waals surface area contributed by atoms with Gasteiger partial charge in [0.1, 0.15) is 6.04 Å². The highest BCUT2D eigenvalue weighted by molar-refractivity contribution is 5.87. The van der Waals surface area contributed by atoms with Crippen molar-refractivity contribution in [2.24, 2.45) is 5.73 Å². The Morgan fingerprint density at radius 2 is 1.93 bits per heavy atom. The Bertz CT molecular complexity index is 219. The Balaban J connectivity index is 3.90. The smallest absolute Gasteiger partial charge is 0.242 e. The summed E-state index contributed by atoms with van der Waals surface area (Å²) in [6.45, 7) is 5.97. The van der Waals surface area contributed by atoms with Crippen molar-refractivity contribution in [1.82, 2.24) is 10.6 Å². The van der Waals surface area contributed by atoms with Crippen molar-refractivity contribution in [3.63, 3.8) is 0 Å². The van der Waals surface area contributed by atoms with Crippen LogP contribution in [0.4, 0.5) is 0 Å². The van der Waals surface area contributed by atoms with Crippen molar-refractivity contribution in [2.45, 2.75) is 45.7 Å². The fraction of sp³-hybridized carbons (Fsp3) is 0.800. The first-order valence-corrected chi connectivity index (χ1v) is 5.33. The van der Waals surface area contributed by atoms with Gasteiger partial charge in [-0.25, -0.2) is 0 Å². The molecule has 2 unspecified atom stereocenters. The van der Waals surface area contributed by atoms with Gasteiger partial charge in [0.15, 0.2) is 0 Å². The van der Waals surface area contributed by atoms with Crippen LogP contribution in [0.15, 0.2) is 0 Å². The quantitative estimate of drug-likeness (QED) is 0.571. The maximum Gasteiger partial charge on any atom is 0.242 e. The lowest BCUT2D eigenvalue weighted by Crippen LogP contribution is -2.45. The van der Waals surface area contributed by atoms with Gasteiger partial charge in [0.25, 0.3) is 0 Å². The zero-order valence-electron chi connectivity index (χ0n) is 9.67. The van der Waals surface area contributed by atoms with Crippen LogP contribution in [0.5, 0.6) is 0 Å². The molecule has 4 N–H and O–H groups in total. The second kappa shape index (κ2) is 7.23. The number of rotatable bonds is 6. The van der Waals surface area contributed by atoms with Crippen molar-refractivity contribution < 1.29 is 9.59 Å². The van der Waals surface area contributed by atoms with Gasteiger partial charge in [-0.15, -0.1) is 0 Å². The average Bonchev–Trinajstić information content (AvgIpc) is 2.17. The molecule has 15 heavy (non-hydrogen) atoms. The number of amides is 2. The van der Waals surface area contributed by atoms with Gasteiger partial charge in [0.2, 0.25) is 11.8 Å². The summed E-state index contributed by atoms with van der Waals surface area (Å²) in [6.07, 6.45) is 1.02. The molecule has 0 aromatic heterocycles. The molecule has 0 heterocycles. The van der Waals surface area contributed by atoms with Crippen LogP contribution in [0.3, 0.4) is 0 Å². The van der Waals surface area contributed by atoms with E-state index in [2.05, 4.69) is 10.6 Å². The fourth-order valence-electron chi connectivity index (χ4n) is 1.08. The van der Waals surface area contributed by atoms with Gasteiger partial charge in [0, 0.05) is 19.0 Å². The molecule has 0 bridgehead atoms. The van der Waals surface area contributed by atoms with Crippen molar-refractivity contribution in [2.75, 3.05) is 6.54 Å². The van der Waals surface area contributed by atoms with Crippen LogP contribution in [-0.4, -0.2) is 30.4 Å². The van der Waals surface area contributed by atoms with E-state index in [1.54, 1.807) is 6.92 Å². The monoisotopic (exact) mass is 215 g/mol. The Labute approximate surface area is 90.8 Å². The van der Waals surface area contributed by atoms with Crippen molar-refractivity contribution in [3.05, 3.63) is 0 Å². The summed E-state index contributed by atoms with van der Waals surface area (Å²) in [7, 11) is 0. The molecule has 0 spiro atoms. The molecule has 0 radical (unpaired) electrons. The van der Waals surface area contributed by atoms with E-state index in [0.29, 0.717) is 6.54 Å². The normalized spacial score (nSPS) is 14.1. The topological polar surface area (TPSA) is 84.2 Å². The minimum atomic E-state index is -0.499. The third kappa shape index (κ3) is 6.06. The van der Waals surface area contributed by atoms with Gasteiger partial charge in [0.05, 0.1) is 0 Å². The first-order chi connectivity index (χ1) is 7.01. The molecule has 0 aliphatic rings. The molecule has 2 amide bonds. The lowest BCUT2D eigenvalue weighted by atomic mass is 10.1. The van der Waals surface area contributed by atoms with E-state index in [-0.39, 0.29) is 24.3 Å². The molecule has 0 aromatic carbocycles. The van der Waals surface area contributed by atoms with Gasteiger partial charge in [-0.05, 0) is 20.3 Å². The number of hydrogen-bond acceptors (Lipinski definition) is 3. The minimum Gasteiger partial charge on any atom is -0.355 e. The highest BCUT2D eigenvalue weighted by Crippen LogP contribution is 1.94. The number of hydrogen-bond donors (Lipinski definition) is 3. The summed E-state index contributed by atoms with van der Waals surface area (Å²) in [6, 6.07) is -0.632. The second-order valence-electron chi connectivity index (χ2n) is 3.56. The van der Waals surface area contributed by atoms with Crippen molar-refractivity contribution in [1.29, 1.82) is 0 Å². The Morgan fingerprint density at radius 1 is 1.33 bits per heavy atom. The van der Waals surface area contributed by atoms with Crippen LogP contribution in [0.25, 0.3) is 0 Å². The minimum absolute atomic E-state index is 0.133. The van der Waals surface area contributed by atoms with E-state index in [1.165, 1.54) is 0 Å². The first-order valence-electron chi connectivity index (χ1n) is 5.33. The Hall–Kier alpha value is -1.10. The number of nitrogens with two attached hydrogens (primary N) is 1. The second-order valence-corrected chi connectivity index (χ2v) is 3.56. The van der Waals surface area contributed by atoms with E-state index in [4.69, 9.17) is 5.73 Å². The first kappa shape index (κ1) is 13.9. The third-order valence-corrected chi connectivity index (χ3v) is 2.09. The number of nitrogens with one attached hydrogen (secondary N) is 2. The molecule has 5 heteroatoms. The summed E-state index contributed by atoms with van der Waals surface area (Å²) in [5.41, 5.74) is 5.62. The fourth-order valence-corrected chi connectivity index (χ4v) is 1.08. The summed E-state index contributed by atoms with van der Waals surface area (Å²) < 4.78 is 0. The van der Waals surface area contributed by atoms with Crippen LogP contribution in [0.2, 0.25) is 0 Å². The molecular formula is C10H21N3O2. The highest BCUT2D eigenvalue weighted by atomic mass is 16.2. The molecule has 0 aliphatic carbocycles. The molecule has 0 saturated heterocycles. The van der Waals surface area contributed by atoms with E-state index in [0.717, 1.165) is 6.42 Å². The number of carbonyl (C=O) groups excluding carboxylic acids is 2. The Morgan fingerprint density at radius 3 is 2.40 bits per heavy atom. The van der Waals surface area contributed by atoms with Crippen LogP contribution >= 0.6 is 0 Å². The number of carbonyl (C=O) groups is 2. The SMILES string of the molecule is CCNC(=O)C(C)NC(=O)CC(N)CC. The third-order valence-electron chi connectivity index (χ3n) is 2.09. The van der Waals surface area contributed by atoms with Crippen LogP contribution < -0.4 is 16.4 Å². The lowest BCUT2D eigenvalue weighted by Gasteiger charge is -2.14. The van der Waals surface area contributed by atoms with Crippen LogP contribution in [-0.2, 0) is 9.59 Å². The summed E-state index contributed by atoms with van der Waals surface area (Å²) in [4.78, 5) is 22.6. The molecule has 0 aliphatic heterocycles. The van der Waals surface area contributed by atoms with Crippen molar-refractivity contribution in [3.8, 4) is 0 Å². The maximum absolute atomic E-state index is 11.4. The van der Waals surface area contributed by atoms with Crippen molar-refractivity contribution >= 4 is 11.8 Å². The molecule has 88 valence electrons. The Kier molecular flexibility index (Phi) is 6.70. The molecule has 2 atom stereocenters. The van der Waals surface area contributed by atoms with Crippen LogP contribution in [0.1, 0.15) is 33.6 Å². The molecule has 0 rings (SSSR count). The van der Waals surface area contributed by atoms with Gasteiger partial charge >= 0.3 is 0 Å². The lowest BCUT2D eigenvalue weighted by molar-refractivity contribution is -0.128. The van der Waals surface area contributed by atoms with Gasteiger partial charge < -0.3 is 16.4 Å². The number of likely N-dealkylation sites (N-methyl/N-ethyl adjacent to an activating group) is 1. The van der Waals surface area contributed by atoms with Gasteiger partial charge in [-0.1, -0.05) is 6.92 Å². The zero-order valence-corrected chi connectivity index (χ0v) is 9.67. The van der Waals surface area contributed by atoms with Gasteiger partial charge in [-0.3, -0.25) is 9.59 Å². The average molecular weight is 215 g/mol. The molecule has 0 saturated carbocycles. The molecule has 0 aromatic rings. The summed E-state index contributed by atoms with van der Waals surface area (Å²) in [5.74, 6) is -0.348. The highest BCUT2D eigenvalue weighted by Gasteiger charge is 2.15. The van der Waals surface area contributed by atoms with E-state index in [1.807, 2.05) is 13.8 Å². The summed E-state index contributed by atoms with van der Waals surface area (Å²) >= 11 is 0. The standard InChI is InChI=1S/C10H21N3O2/c1-4-8(11)6-9(14)13-7(3)10(15)12-5-2/h7-8H,4-6,11H2,1-3H3,(H,12,15)(H,13,14). The molecule has 5 nitrogen and oxygen atoms in total. The van der Waals surface area contributed by atoms with E-state index in [9.17, 15) is 9.59 Å². The molecule has 0 fully saturated rings. The predicted molar refractivity (Wildman–Crippen MR) is 59.2 cm³/mol. The predicted octanol–water partition coefficient (Wildman–Crippen LogP) is -0.245. The van der Waals surface area contributed by atoms with Gasteiger partial charge in [-0.2, -0.15) is 0 Å².